The topological polar surface area (TPSA) is 98.7 Å². The van der Waals surface area contributed by atoms with Gasteiger partial charge in [0.25, 0.3) is 0 Å². The zero-order valence-electron chi connectivity index (χ0n) is 12.8. The molecule has 0 bridgehead atoms. The molecule has 20 heavy (non-hydrogen) atoms. The summed E-state index contributed by atoms with van der Waals surface area (Å²) < 4.78 is 0. The van der Waals surface area contributed by atoms with Crippen molar-refractivity contribution in [2.45, 2.75) is 40.7 Å². The number of rotatable bonds is 7. The first-order valence-corrected chi connectivity index (χ1v) is 6.65. The summed E-state index contributed by atoms with van der Waals surface area (Å²) in [4.78, 5) is 35.8. The molecule has 0 spiro atoms. The lowest BCUT2D eigenvalue weighted by molar-refractivity contribution is -0.146. The monoisotopic (exact) mass is 287 g/mol. The number of nitrogens with zero attached hydrogens (tertiary/aromatic N) is 1. The Morgan fingerprint density at radius 2 is 1.80 bits per heavy atom. The maximum absolute atomic E-state index is 11.9. The lowest BCUT2D eigenvalue weighted by Gasteiger charge is -2.25. The highest BCUT2D eigenvalue weighted by Gasteiger charge is 2.28. The fourth-order valence-electron chi connectivity index (χ4n) is 1.35. The number of carboxylic acid groups (broad SMARTS) is 1. The molecular weight excluding hydrogens is 262 g/mol. The van der Waals surface area contributed by atoms with E-state index in [-0.39, 0.29) is 25.0 Å². The van der Waals surface area contributed by atoms with Gasteiger partial charge in [-0.1, -0.05) is 0 Å². The van der Waals surface area contributed by atoms with Crippen molar-refractivity contribution in [2.24, 2.45) is 5.41 Å². The van der Waals surface area contributed by atoms with Crippen LogP contribution in [0.1, 0.15) is 34.6 Å². The molecule has 3 N–H and O–H groups in total. The normalized spacial score (nSPS) is 11.1. The molecule has 0 aliphatic heterocycles. The van der Waals surface area contributed by atoms with Gasteiger partial charge in [-0.25, -0.2) is 4.79 Å². The van der Waals surface area contributed by atoms with E-state index in [1.807, 2.05) is 13.8 Å². The van der Waals surface area contributed by atoms with E-state index >= 15 is 0 Å². The summed E-state index contributed by atoms with van der Waals surface area (Å²) in [6.45, 7) is 8.80. The first kappa shape index (κ1) is 18.2. The molecule has 0 atom stereocenters. The number of hydrogen-bond donors (Lipinski definition) is 3. The molecule has 0 unspecified atom stereocenters. The summed E-state index contributed by atoms with van der Waals surface area (Å²) in [7, 11) is 0. The molecule has 0 saturated heterocycles. The first-order chi connectivity index (χ1) is 9.10. The second kappa shape index (κ2) is 7.72. The second-order valence-corrected chi connectivity index (χ2v) is 5.58. The van der Waals surface area contributed by atoms with Gasteiger partial charge in [0.15, 0.2) is 0 Å². The minimum atomic E-state index is -1.05. The van der Waals surface area contributed by atoms with Gasteiger partial charge in [-0.2, -0.15) is 0 Å². The van der Waals surface area contributed by atoms with Crippen LogP contribution in [-0.4, -0.2) is 53.6 Å². The molecule has 0 aromatic carbocycles. The molecule has 0 aromatic rings. The van der Waals surface area contributed by atoms with Crippen molar-refractivity contribution in [1.82, 2.24) is 15.5 Å². The average Bonchev–Trinajstić information content (AvgIpc) is 2.32. The number of amides is 3. The van der Waals surface area contributed by atoms with Gasteiger partial charge in [0.1, 0.15) is 6.54 Å². The van der Waals surface area contributed by atoms with E-state index in [1.54, 1.807) is 6.92 Å². The lowest BCUT2D eigenvalue weighted by atomic mass is 9.94. The van der Waals surface area contributed by atoms with Crippen LogP contribution in [0.5, 0.6) is 0 Å². The summed E-state index contributed by atoms with van der Waals surface area (Å²) in [6, 6.07) is -0.434. The van der Waals surface area contributed by atoms with Gasteiger partial charge in [0, 0.05) is 19.1 Å². The highest BCUT2D eigenvalue weighted by atomic mass is 16.4. The average molecular weight is 287 g/mol. The maximum Gasteiger partial charge on any atom is 0.317 e. The van der Waals surface area contributed by atoms with Crippen molar-refractivity contribution in [1.29, 1.82) is 0 Å². The Kier molecular flexibility index (Phi) is 7.02. The zero-order chi connectivity index (χ0) is 15.9. The quantitative estimate of drug-likeness (QED) is 0.640. The van der Waals surface area contributed by atoms with Crippen LogP contribution < -0.4 is 10.6 Å². The van der Waals surface area contributed by atoms with E-state index in [1.165, 1.54) is 18.7 Å². The molecule has 0 rings (SSSR count). The van der Waals surface area contributed by atoms with E-state index in [0.29, 0.717) is 6.54 Å². The Morgan fingerprint density at radius 3 is 2.20 bits per heavy atom. The van der Waals surface area contributed by atoms with Crippen LogP contribution in [0.2, 0.25) is 0 Å². The predicted molar refractivity (Wildman–Crippen MR) is 75.3 cm³/mol. The van der Waals surface area contributed by atoms with Crippen molar-refractivity contribution in [2.75, 3.05) is 19.6 Å². The third-order valence-corrected chi connectivity index (χ3v) is 2.71. The fourth-order valence-corrected chi connectivity index (χ4v) is 1.35. The van der Waals surface area contributed by atoms with Crippen molar-refractivity contribution in [3.05, 3.63) is 0 Å². The Balaban J connectivity index is 4.42. The Hall–Kier alpha value is -1.79. The maximum atomic E-state index is 11.9. The molecule has 3 amide bonds. The van der Waals surface area contributed by atoms with Crippen molar-refractivity contribution < 1.29 is 19.5 Å². The molecule has 0 aliphatic carbocycles. The highest BCUT2D eigenvalue weighted by molar-refractivity contribution is 5.84. The van der Waals surface area contributed by atoms with Crippen molar-refractivity contribution in [3.8, 4) is 0 Å². The summed E-state index contributed by atoms with van der Waals surface area (Å²) in [5, 5.41) is 14.2. The van der Waals surface area contributed by atoms with Crippen LogP contribution in [0.15, 0.2) is 0 Å². The number of carbonyl (C=O) groups excluding carboxylic acids is 2. The molecule has 0 aromatic heterocycles. The second-order valence-electron chi connectivity index (χ2n) is 5.58. The van der Waals surface area contributed by atoms with Crippen LogP contribution in [0, 0.1) is 5.41 Å². The van der Waals surface area contributed by atoms with Crippen LogP contribution in [-0.2, 0) is 9.59 Å². The van der Waals surface area contributed by atoms with Gasteiger partial charge in [-0.05, 0) is 34.6 Å². The van der Waals surface area contributed by atoms with E-state index in [0.717, 1.165) is 0 Å². The van der Waals surface area contributed by atoms with E-state index in [2.05, 4.69) is 10.6 Å². The van der Waals surface area contributed by atoms with E-state index in [4.69, 9.17) is 5.11 Å². The number of carbonyl (C=O) groups is 3. The van der Waals surface area contributed by atoms with Crippen molar-refractivity contribution in [3.63, 3.8) is 0 Å². The van der Waals surface area contributed by atoms with Gasteiger partial charge >= 0.3 is 12.0 Å². The van der Waals surface area contributed by atoms with Crippen LogP contribution in [0.25, 0.3) is 0 Å². The van der Waals surface area contributed by atoms with Gasteiger partial charge in [0.2, 0.25) is 5.91 Å². The zero-order valence-corrected chi connectivity index (χ0v) is 12.8. The molecule has 0 fully saturated rings. The summed E-state index contributed by atoms with van der Waals surface area (Å²) >= 11 is 0. The van der Waals surface area contributed by atoms with Crippen LogP contribution >= 0.6 is 0 Å². The number of nitrogens with one attached hydrogen (secondary N) is 2. The lowest BCUT2D eigenvalue weighted by Crippen LogP contribution is -2.49. The van der Waals surface area contributed by atoms with Crippen molar-refractivity contribution >= 4 is 17.9 Å². The standard InChI is InChI=1S/C13H25N3O4/c1-6-16(7-10(17)15-9(2)3)12(20)14-8-13(4,5)11(18)19/h9H,6-8H2,1-5H3,(H,14,20)(H,15,17)(H,18,19). The third-order valence-electron chi connectivity index (χ3n) is 2.71. The summed E-state index contributed by atoms with van der Waals surface area (Å²) in [6.07, 6.45) is 0. The highest BCUT2D eigenvalue weighted by Crippen LogP contribution is 2.13. The van der Waals surface area contributed by atoms with Crippen LogP contribution in [0.3, 0.4) is 0 Å². The number of urea groups is 1. The number of likely N-dealkylation sites (N-methyl/N-ethyl adjacent to an activating group) is 1. The van der Waals surface area contributed by atoms with Gasteiger partial charge in [-0.15, -0.1) is 0 Å². The largest absolute Gasteiger partial charge is 0.481 e. The Bertz CT molecular complexity index is 367. The number of hydrogen-bond acceptors (Lipinski definition) is 3. The van der Waals surface area contributed by atoms with Gasteiger partial charge in [0.05, 0.1) is 5.41 Å². The number of carboxylic acids is 1. The third kappa shape index (κ3) is 6.40. The molecule has 0 heterocycles. The smallest absolute Gasteiger partial charge is 0.317 e. The molecule has 0 aliphatic rings. The van der Waals surface area contributed by atoms with Crippen LogP contribution in [0.4, 0.5) is 4.79 Å². The summed E-state index contributed by atoms with van der Waals surface area (Å²) in [5.41, 5.74) is -1.05. The minimum absolute atomic E-state index is 0.00344. The molecule has 0 radical (unpaired) electrons. The molecule has 116 valence electrons. The van der Waals surface area contributed by atoms with E-state index in [9.17, 15) is 14.4 Å². The molecule has 7 heteroatoms. The predicted octanol–water partition coefficient (Wildman–Crippen LogP) is 0.653. The number of aliphatic carboxylic acids is 1. The van der Waals surface area contributed by atoms with Gasteiger partial charge in [-0.3, -0.25) is 9.59 Å². The van der Waals surface area contributed by atoms with E-state index < -0.39 is 17.4 Å². The molecular formula is C13H25N3O4. The Labute approximate surface area is 119 Å². The minimum Gasteiger partial charge on any atom is -0.481 e. The Morgan fingerprint density at radius 1 is 1.25 bits per heavy atom. The fraction of sp³-hybridized carbons (Fsp3) is 0.769. The van der Waals surface area contributed by atoms with Gasteiger partial charge < -0.3 is 20.6 Å². The first-order valence-electron chi connectivity index (χ1n) is 6.65. The summed E-state index contributed by atoms with van der Waals surface area (Å²) in [5.74, 6) is -1.23. The molecule has 7 nitrogen and oxygen atoms in total. The SMILES string of the molecule is CCN(CC(=O)NC(C)C)C(=O)NCC(C)(C)C(=O)O. The molecule has 0 saturated carbocycles.